The van der Waals surface area contributed by atoms with Crippen molar-refractivity contribution in [3.8, 4) is 33.4 Å². The van der Waals surface area contributed by atoms with Gasteiger partial charge in [0.2, 0.25) is 0 Å². The maximum absolute atomic E-state index is 6.30. The van der Waals surface area contributed by atoms with Gasteiger partial charge in [0.25, 0.3) is 0 Å². The van der Waals surface area contributed by atoms with Crippen molar-refractivity contribution in [2.45, 2.75) is 0 Å². The van der Waals surface area contributed by atoms with E-state index in [1.54, 1.807) is 0 Å². The molecule has 0 spiro atoms. The fraction of sp³-hybridized carbons (Fsp3) is 0. The number of furan rings is 1. The molecular formula is C56H35NOS. The van der Waals surface area contributed by atoms with E-state index < -0.39 is 0 Å². The van der Waals surface area contributed by atoms with Crippen LogP contribution in [0.25, 0.3) is 97.0 Å². The molecule has 10 aromatic carbocycles. The lowest BCUT2D eigenvalue weighted by atomic mass is 9.90. The van der Waals surface area contributed by atoms with Crippen LogP contribution in [-0.2, 0) is 0 Å². The molecule has 3 heteroatoms. The van der Waals surface area contributed by atoms with Crippen LogP contribution in [-0.4, -0.2) is 0 Å². The summed E-state index contributed by atoms with van der Waals surface area (Å²) in [5.74, 6) is 0. The number of hydrogen-bond donors (Lipinski definition) is 0. The van der Waals surface area contributed by atoms with Crippen molar-refractivity contribution in [2.24, 2.45) is 0 Å². The van der Waals surface area contributed by atoms with E-state index in [4.69, 9.17) is 4.42 Å². The molecule has 0 atom stereocenters. The molecule has 276 valence electrons. The number of anilines is 3. The third-order valence-corrected chi connectivity index (χ3v) is 13.1. The average molecular weight is 770 g/mol. The molecule has 0 saturated heterocycles. The summed E-state index contributed by atoms with van der Waals surface area (Å²) < 4.78 is 8.93. The SMILES string of the molecule is c1ccc(-c2c(N(c3ccc(-c4cccc5c4sc4ccccc45)cc3)c3ccc(-c4cccc5oc6ccccc6c45)cc3)c3ccccc3c3ccccc23)cc1. The first-order valence-corrected chi connectivity index (χ1v) is 20.9. The minimum atomic E-state index is 0.899. The highest BCUT2D eigenvalue weighted by Crippen LogP contribution is 2.50. The highest BCUT2D eigenvalue weighted by atomic mass is 32.1. The van der Waals surface area contributed by atoms with E-state index in [1.807, 2.05) is 23.5 Å². The molecule has 0 aliphatic heterocycles. The minimum absolute atomic E-state index is 0.899. The van der Waals surface area contributed by atoms with Gasteiger partial charge < -0.3 is 9.32 Å². The van der Waals surface area contributed by atoms with Crippen LogP contribution in [0.1, 0.15) is 0 Å². The second-order valence-electron chi connectivity index (χ2n) is 15.2. The van der Waals surface area contributed by atoms with Gasteiger partial charge in [-0.3, -0.25) is 0 Å². The first-order chi connectivity index (χ1) is 29.3. The summed E-state index contributed by atoms with van der Waals surface area (Å²) in [5.41, 5.74) is 12.3. The van der Waals surface area contributed by atoms with Gasteiger partial charge in [-0.1, -0.05) is 170 Å². The molecule has 0 aliphatic rings. The van der Waals surface area contributed by atoms with Crippen LogP contribution in [0.3, 0.4) is 0 Å². The zero-order valence-corrected chi connectivity index (χ0v) is 32.8. The third kappa shape index (κ3) is 5.40. The Labute approximate surface area is 345 Å². The summed E-state index contributed by atoms with van der Waals surface area (Å²) in [6.07, 6.45) is 0. The predicted molar refractivity (Wildman–Crippen MR) is 253 cm³/mol. The fourth-order valence-electron chi connectivity index (χ4n) is 9.23. The first kappa shape index (κ1) is 33.7. The highest BCUT2D eigenvalue weighted by Gasteiger charge is 2.24. The van der Waals surface area contributed by atoms with Crippen molar-refractivity contribution in [1.29, 1.82) is 0 Å². The molecule has 2 heterocycles. The van der Waals surface area contributed by atoms with Crippen molar-refractivity contribution in [3.63, 3.8) is 0 Å². The quantitative estimate of drug-likeness (QED) is 0.157. The third-order valence-electron chi connectivity index (χ3n) is 11.9. The normalized spacial score (nSPS) is 11.7. The molecule has 0 radical (unpaired) electrons. The molecule has 59 heavy (non-hydrogen) atoms. The van der Waals surface area contributed by atoms with Gasteiger partial charge in [0.1, 0.15) is 11.2 Å². The van der Waals surface area contributed by atoms with Gasteiger partial charge in [-0.25, -0.2) is 0 Å². The maximum Gasteiger partial charge on any atom is 0.136 e. The zero-order chi connectivity index (χ0) is 38.9. The Morgan fingerprint density at radius 2 is 0.864 bits per heavy atom. The van der Waals surface area contributed by atoms with Crippen molar-refractivity contribution < 1.29 is 4.42 Å². The van der Waals surface area contributed by atoms with E-state index in [0.29, 0.717) is 0 Å². The number of hydrogen-bond acceptors (Lipinski definition) is 3. The highest BCUT2D eigenvalue weighted by molar-refractivity contribution is 7.26. The summed E-state index contributed by atoms with van der Waals surface area (Å²) in [6, 6.07) is 77.0. The number of rotatable bonds is 6. The fourth-order valence-corrected chi connectivity index (χ4v) is 10.5. The molecule has 0 unspecified atom stereocenters. The molecule has 0 amide bonds. The Bertz CT molecular complexity index is 3540. The number of fused-ring (bicyclic) bond motifs is 9. The molecular weight excluding hydrogens is 735 g/mol. The van der Waals surface area contributed by atoms with Crippen LogP contribution < -0.4 is 4.90 Å². The summed E-state index contributed by atoms with van der Waals surface area (Å²) in [4.78, 5) is 2.47. The Kier molecular flexibility index (Phi) is 7.75. The Hall–Kier alpha value is -7.46. The maximum atomic E-state index is 6.30. The van der Waals surface area contributed by atoms with E-state index >= 15 is 0 Å². The molecule has 0 bridgehead atoms. The van der Waals surface area contributed by atoms with Crippen molar-refractivity contribution in [1.82, 2.24) is 0 Å². The Morgan fingerprint density at radius 1 is 0.339 bits per heavy atom. The van der Waals surface area contributed by atoms with Gasteiger partial charge in [-0.05, 0) is 86.4 Å². The van der Waals surface area contributed by atoms with Gasteiger partial charge in [0.15, 0.2) is 0 Å². The topological polar surface area (TPSA) is 16.4 Å². The van der Waals surface area contributed by atoms with E-state index in [1.165, 1.54) is 64.0 Å². The molecule has 2 nitrogen and oxygen atoms in total. The Morgan fingerprint density at radius 3 is 1.61 bits per heavy atom. The van der Waals surface area contributed by atoms with E-state index in [2.05, 4.69) is 205 Å². The summed E-state index contributed by atoms with van der Waals surface area (Å²) in [6.45, 7) is 0. The zero-order valence-electron chi connectivity index (χ0n) is 32.0. The Balaban J connectivity index is 1.09. The lowest BCUT2D eigenvalue weighted by molar-refractivity contribution is 0.669. The molecule has 12 rings (SSSR count). The second kappa shape index (κ2) is 13.6. The average Bonchev–Trinajstić information content (AvgIpc) is 3.89. The molecule has 2 aromatic heterocycles. The van der Waals surface area contributed by atoms with Crippen molar-refractivity contribution in [3.05, 3.63) is 212 Å². The summed E-state index contributed by atoms with van der Waals surface area (Å²) >= 11 is 1.87. The van der Waals surface area contributed by atoms with Gasteiger partial charge in [-0.15, -0.1) is 11.3 Å². The van der Waals surface area contributed by atoms with Gasteiger partial charge in [-0.2, -0.15) is 0 Å². The lowest BCUT2D eigenvalue weighted by Crippen LogP contribution is -2.12. The van der Waals surface area contributed by atoms with Crippen LogP contribution in [0.4, 0.5) is 17.1 Å². The van der Waals surface area contributed by atoms with Crippen LogP contribution in [0.15, 0.2) is 217 Å². The monoisotopic (exact) mass is 769 g/mol. The molecule has 12 aromatic rings. The smallest absolute Gasteiger partial charge is 0.136 e. The predicted octanol–water partition coefficient (Wildman–Crippen LogP) is 16.7. The second-order valence-corrected chi connectivity index (χ2v) is 16.2. The molecule has 0 N–H and O–H groups in total. The van der Waals surface area contributed by atoms with Gasteiger partial charge in [0, 0.05) is 53.3 Å². The summed E-state index contributed by atoms with van der Waals surface area (Å²) in [5, 5.41) is 9.79. The van der Waals surface area contributed by atoms with E-state index in [9.17, 15) is 0 Å². The van der Waals surface area contributed by atoms with Crippen molar-refractivity contribution >= 4 is 92.1 Å². The van der Waals surface area contributed by atoms with Gasteiger partial charge in [0.05, 0.1) is 5.69 Å². The van der Waals surface area contributed by atoms with Crippen LogP contribution >= 0.6 is 11.3 Å². The minimum Gasteiger partial charge on any atom is -0.456 e. The number of para-hydroxylation sites is 1. The number of nitrogens with zero attached hydrogens (tertiary/aromatic N) is 1. The van der Waals surface area contributed by atoms with Gasteiger partial charge >= 0.3 is 0 Å². The van der Waals surface area contributed by atoms with Crippen LogP contribution in [0, 0.1) is 0 Å². The van der Waals surface area contributed by atoms with Crippen LogP contribution in [0.5, 0.6) is 0 Å². The molecule has 0 fully saturated rings. The number of benzene rings is 10. The van der Waals surface area contributed by atoms with Crippen LogP contribution in [0.2, 0.25) is 0 Å². The molecule has 0 aliphatic carbocycles. The lowest BCUT2D eigenvalue weighted by Gasteiger charge is -2.31. The first-order valence-electron chi connectivity index (χ1n) is 20.1. The van der Waals surface area contributed by atoms with E-state index in [0.717, 1.165) is 50.1 Å². The van der Waals surface area contributed by atoms with E-state index in [-0.39, 0.29) is 0 Å². The largest absolute Gasteiger partial charge is 0.456 e. The molecule has 0 saturated carbocycles. The summed E-state index contributed by atoms with van der Waals surface area (Å²) in [7, 11) is 0. The number of thiophene rings is 1. The van der Waals surface area contributed by atoms with Crippen molar-refractivity contribution in [2.75, 3.05) is 4.90 Å². The standard InChI is InChI=1S/C56H35NOS/c1-2-14-38(15-3-1)53-46-19-6-4-16-43(46)44-17-5-7-20-47(44)55(53)57(39-32-28-36(29-33-39)41-22-13-26-51-54(41)49-21-8-10-25-50(49)58-51)40-34-30-37(31-35-40)42-23-12-24-48-45-18-9-11-27-52(45)59-56(42)48/h1-35H.